The molecule has 0 aliphatic heterocycles. The molecule has 4 rings (SSSR count). The number of carboxylic acids is 1. The number of hydrogen-bond acceptors (Lipinski definition) is 2. The fourth-order valence-corrected chi connectivity index (χ4v) is 3.86. The molecule has 5 nitrogen and oxygen atoms in total. The van der Waals surface area contributed by atoms with E-state index in [-0.39, 0.29) is 17.2 Å². The topological polar surface area (TPSA) is 64.2 Å². The minimum absolute atomic E-state index is 0.144. The summed E-state index contributed by atoms with van der Waals surface area (Å²) in [5.74, 6) is -1.02. The zero-order chi connectivity index (χ0) is 17.4. The maximum atomic E-state index is 13.1. The zero-order valence-electron chi connectivity index (χ0n) is 13.9. The van der Waals surface area contributed by atoms with E-state index in [2.05, 4.69) is 4.68 Å². The number of rotatable bonds is 3. The van der Waals surface area contributed by atoms with Crippen LogP contribution in [0.3, 0.4) is 0 Å². The molecule has 1 saturated carbocycles. The van der Waals surface area contributed by atoms with Gasteiger partial charge in [-0.1, -0.05) is 37.5 Å². The van der Waals surface area contributed by atoms with Gasteiger partial charge in [0.15, 0.2) is 0 Å². The first-order chi connectivity index (χ1) is 12.2. The fraction of sp³-hybridized carbons (Fsp3) is 0.300. The molecule has 2 aromatic carbocycles. The van der Waals surface area contributed by atoms with Gasteiger partial charge < -0.3 is 5.11 Å². The van der Waals surface area contributed by atoms with Crippen molar-refractivity contribution in [3.8, 4) is 5.69 Å². The van der Waals surface area contributed by atoms with Crippen LogP contribution in [0, 0.1) is 0 Å². The van der Waals surface area contributed by atoms with E-state index in [9.17, 15) is 14.7 Å². The van der Waals surface area contributed by atoms with E-state index < -0.39 is 5.97 Å². The summed E-state index contributed by atoms with van der Waals surface area (Å²) in [6.07, 6.45) is 5.61. The molecule has 0 atom stereocenters. The number of carboxylic acid groups (broad SMARTS) is 1. The van der Waals surface area contributed by atoms with Gasteiger partial charge in [0.25, 0.3) is 5.56 Å². The second-order valence-corrected chi connectivity index (χ2v) is 6.63. The highest BCUT2D eigenvalue weighted by Gasteiger charge is 2.23. The van der Waals surface area contributed by atoms with Gasteiger partial charge in [-0.15, -0.1) is 0 Å². The molecule has 0 saturated heterocycles. The van der Waals surface area contributed by atoms with Crippen molar-refractivity contribution in [3.63, 3.8) is 0 Å². The van der Waals surface area contributed by atoms with Crippen LogP contribution in [0.4, 0.5) is 0 Å². The van der Waals surface area contributed by atoms with Gasteiger partial charge in [-0.3, -0.25) is 9.48 Å². The van der Waals surface area contributed by atoms with E-state index in [0.29, 0.717) is 5.39 Å². The normalized spacial score (nSPS) is 15.5. The van der Waals surface area contributed by atoms with Gasteiger partial charge >= 0.3 is 5.97 Å². The summed E-state index contributed by atoms with van der Waals surface area (Å²) in [4.78, 5) is 24.4. The highest BCUT2D eigenvalue weighted by Crippen LogP contribution is 2.31. The highest BCUT2D eigenvalue weighted by molar-refractivity contribution is 5.93. The first kappa shape index (κ1) is 15.7. The SMILES string of the molecule is O=C(O)c1ccc2c(c1)c(=O)n(-c1ccccc1)n2C1CCCCC1. The third-order valence-electron chi connectivity index (χ3n) is 5.05. The zero-order valence-corrected chi connectivity index (χ0v) is 13.9. The summed E-state index contributed by atoms with van der Waals surface area (Å²) >= 11 is 0. The van der Waals surface area contributed by atoms with Crippen LogP contribution in [0.15, 0.2) is 53.3 Å². The Labute approximate surface area is 145 Å². The molecule has 0 spiro atoms. The van der Waals surface area contributed by atoms with Crippen LogP contribution < -0.4 is 5.56 Å². The quantitative estimate of drug-likeness (QED) is 0.786. The van der Waals surface area contributed by atoms with E-state index in [0.717, 1.165) is 36.9 Å². The fourth-order valence-electron chi connectivity index (χ4n) is 3.86. The monoisotopic (exact) mass is 336 g/mol. The molecule has 1 fully saturated rings. The van der Waals surface area contributed by atoms with Crippen molar-refractivity contribution in [3.05, 3.63) is 64.4 Å². The van der Waals surface area contributed by atoms with Gasteiger partial charge in [-0.2, -0.15) is 0 Å². The van der Waals surface area contributed by atoms with Crippen molar-refractivity contribution in [2.75, 3.05) is 0 Å². The average Bonchev–Trinajstić information content (AvgIpc) is 2.95. The molecule has 1 aliphatic carbocycles. The molecule has 0 bridgehead atoms. The van der Waals surface area contributed by atoms with Gasteiger partial charge in [0.2, 0.25) is 0 Å². The molecule has 3 aromatic rings. The molecule has 0 radical (unpaired) electrons. The van der Waals surface area contributed by atoms with Crippen molar-refractivity contribution in [2.45, 2.75) is 38.1 Å². The number of aromatic carboxylic acids is 1. The largest absolute Gasteiger partial charge is 0.478 e. The minimum Gasteiger partial charge on any atom is -0.478 e. The average molecular weight is 336 g/mol. The summed E-state index contributed by atoms with van der Waals surface area (Å²) in [5.41, 5.74) is 1.61. The molecule has 5 heteroatoms. The lowest BCUT2D eigenvalue weighted by molar-refractivity contribution is 0.0697. The molecule has 128 valence electrons. The van der Waals surface area contributed by atoms with Gasteiger partial charge in [0.1, 0.15) is 0 Å². The molecular formula is C20H20N2O3. The number of nitrogens with zero attached hydrogens (tertiary/aromatic N) is 2. The number of hydrogen-bond donors (Lipinski definition) is 1. The molecule has 1 aliphatic rings. The summed E-state index contributed by atoms with van der Waals surface area (Å²) < 4.78 is 3.80. The van der Waals surface area contributed by atoms with E-state index in [1.807, 2.05) is 30.3 Å². The van der Waals surface area contributed by atoms with Gasteiger partial charge in [-0.25, -0.2) is 9.48 Å². The molecule has 0 unspecified atom stereocenters. The van der Waals surface area contributed by atoms with Crippen molar-refractivity contribution < 1.29 is 9.90 Å². The number of carbonyl (C=O) groups is 1. The first-order valence-electron chi connectivity index (χ1n) is 8.73. The van der Waals surface area contributed by atoms with Gasteiger partial charge in [0, 0.05) is 0 Å². The maximum Gasteiger partial charge on any atom is 0.335 e. The Balaban J connectivity index is 2.02. The lowest BCUT2D eigenvalue weighted by atomic mass is 9.95. The smallest absolute Gasteiger partial charge is 0.335 e. The number of fused-ring (bicyclic) bond motifs is 1. The summed E-state index contributed by atoms with van der Waals surface area (Å²) in [7, 11) is 0. The molecule has 0 amide bonds. The number of para-hydroxylation sites is 1. The Morgan fingerprint density at radius 2 is 1.72 bits per heavy atom. The standard InChI is InChI=1S/C20H20N2O3/c23-19-17-13-14(20(24)25)11-12-18(17)21(15-7-3-1-4-8-15)22(19)16-9-5-2-6-10-16/h2,5-6,9-13,15H,1,3-4,7-8H2,(H,24,25). The predicted molar refractivity (Wildman–Crippen MR) is 96.6 cm³/mol. The van der Waals surface area contributed by atoms with Gasteiger partial charge in [0.05, 0.1) is 28.2 Å². The lowest BCUT2D eigenvalue weighted by Gasteiger charge is -2.26. The van der Waals surface area contributed by atoms with Crippen molar-refractivity contribution in [1.82, 2.24) is 9.36 Å². The Bertz CT molecular complexity index is 979. The second kappa shape index (κ2) is 6.24. The van der Waals surface area contributed by atoms with E-state index in [1.165, 1.54) is 12.5 Å². The summed E-state index contributed by atoms with van der Waals surface area (Å²) in [6.45, 7) is 0. The van der Waals surface area contributed by atoms with Crippen molar-refractivity contribution >= 4 is 16.9 Å². The molecule has 1 heterocycles. The van der Waals surface area contributed by atoms with Gasteiger partial charge in [-0.05, 0) is 43.2 Å². The minimum atomic E-state index is -1.02. The summed E-state index contributed by atoms with van der Waals surface area (Å²) in [6, 6.07) is 14.7. The van der Waals surface area contributed by atoms with Crippen molar-refractivity contribution in [2.24, 2.45) is 0 Å². The second-order valence-electron chi connectivity index (χ2n) is 6.63. The molecule has 1 N–H and O–H groups in total. The van der Waals surface area contributed by atoms with Crippen LogP contribution in [-0.2, 0) is 0 Å². The van der Waals surface area contributed by atoms with Crippen LogP contribution in [0.5, 0.6) is 0 Å². The van der Waals surface area contributed by atoms with E-state index in [1.54, 1.807) is 16.8 Å². The van der Waals surface area contributed by atoms with Crippen LogP contribution >= 0.6 is 0 Å². The molecular weight excluding hydrogens is 316 g/mol. The molecule has 25 heavy (non-hydrogen) atoms. The van der Waals surface area contributed by atoms with Crippen LogP contribution in [0.25, 0.3) is 16.6 Å². The Kier molecular flexibility index (Phi) is 3.92. The molecule has 1 aromatic heterocycles. The maximum absolute atomic E-state index is 13.1. The predicted octanol–water partition coefficient (Wildman–Crippen LogP) is 4.00. The Morgan fingerprint density at radius 1 is 1.00 bits per heavy atom. The highest BCUT2D eigenvalue weighted by atomic mass is 16.4. The summed E-state index contributed by atoms with van der Waals surface area (Å²) in [5, 5.41) is 9.73. The van der Waals surface area contributed by atoms with E-state index >= 15 is 0 Å². The lowest BCUT2D eigenvalue weighted by Crippen LogP contribution is -2.25. The number of aromatic nitrogens is 2. The Morgan fingerprint density at radius 3 is 2.40 bits per heavy atom. The third-order valence-corrected chi connectivity index (χ3v) is 5.05. The van der Waals surface area contributed by atoms with Crippen LogP contribution in [-0.4, -0.2) is 20.4 Å². The Hall–Kier alpha value is -2.82. The van der Waals surface area contributed by atoms with Crippen molar-refractivity contribution in [1.29, 1.82) is 0 Å². The van der Waals surface area contributed by atoms with Crippen LogP contribution in [0.1, 0.15) is 48.5 Å². The first-order valence-corrected chi connectivity index (χ1v) is 8.73. The number of benzene rings is 2. The third kappa shape index (κ3) is 2.65. The van der Waals surface area contributed by atoms with Crippen LogP contribution in [0.2, 0.25) is 0 Å². The van der Waals surface area contributed by atoms with E-state index in [4.69, 9.17) is 0 Å².